The van der Waals surface area contributed by atoms with Crippen LogP contribution in [0.1, 0.15) is 5.56 Å². The van der Waals surface area contributed by atoms with Crippen molar-refractivity contribution in [1.82, 2.24) is 9.55 Å². The molecule has 0 unspecified atom stereocenters. The number of amides is 1. The van der Waals surface area contributed by atoms with Gasteiger partial charge in [0.2, 0.25) is 6.41 Å². The van der Waals surface area contributed by atoms with E-state index in [0.29, 0.717) is 23.5 Å². The van der Waals surface area contributed by atoms with Crippen molar-refractivity contribution in [1.29, 1.82) is 0 Å². The minimum atomic E-state index is -0.349. The number of anilines is 1. The zero-order valence-corrected chi connectivity index (χ0v) is 13.1. The minimum absolute atomic E-state index is 0.349. The summed E-state index contributed by atoms with van der Waals surface area (Å²) in [6.45, 7) is 1.91. The lowest BCUT2D eigenvalue weighted by Crippen LogP contribution is -1.99. The van der Waals surface area contributed by atoms with Gasteiger partial charge in [-0.05, 0) is 24.6 Å². The highest BCUT2D eigenvalue weighted by Gasteiger charge is 2.20. The Morgan fingerprint density at radius 3 is 2.87 bits per heavy atom. The Balaban J connectivity index is 2.33. The van der Waals surface area contributed by atoms with Crippen LogP contribution in [0.5, 0.6) is 5.75 Å². The van der Waals surface area contributed by atoms with Crippen molar-refractivity contribution in [2.75, 3.05) is 12.4 Å². The molecule has 2 heterocycles. The molecule has 5 nitrogen and oxygen atoms in total. The topological polar surface area (TPSA) is 56.1 Å². The Labute approximate surface area is 132 Å². The van der Waals surface area contributed by atoms with Gasteiger partial charge in [-0.15, -0.1) is 0 Å². The predicted molar refractivity (Wildman–Crippen MR) is 87.1 cm³/mol. The number of hydrogen-bond acceptors (Lipinski definition) is 3. The van der Waals surface area contributed by atoms with Gasteiger partial charge < -0.3 is 14.6 Å². The van der Waals surface area contributed by atoms with Gasteiger partial charge in [0.05, 0.1) is 23.9 Å². The van der Waals surface area contributed by atoms with Crippen LogP contribution in [0.25, 0.3) is 22.2 Å². The van der Waals surface area contributed by atoms with Crippen LogP contribution in [0.2, 0.25) is 0 Å². The smallest absolute Gasteiger partial charge is 0.212 e. The lowest BCUT2D eigenvalue weighted by atomic mass is 10.1. The Morgan fingerprint density at radius 2 is 2.17 bits per heavy atom. The van der Waals surface area contributed by atoms with Crippen molar-refractivity contribution in [2.45, 2.75) is 6.92 Å². The van der Waals surface area contributed by atoms with Crippen LogP contribution in [0, 0.1) is 12.7 Å². The Kier molecular flexibility index (Phi) is 3.73. The zero-order chi connectivity index (χ0) is 16.6. The van der Waals surface area contributed by atoms with E-state index in [4.69, 9.17) is 4.74 Å². The number of pyridine rings is 1. The third kappa shape index (κ3) is 2.32. The second-order valence-corrected chi connectivity index (χ2v) is 5.20. The number of benzene rings is 1. The van der Waals surface area contributed by atoms with Crippen LogP contribution >= 0.6 is 0 Å². The first kappa shape index (κ1) is 15.0. The molecule has 0 aliphatic carbocycles. The van der Waals surface area contributed by atoms with Gasteiger partial charge in [-0.1, -0.05) is 6.07 Å². The van der Waals surface area contributed by atoms with Gasteiger partial charge in [-0.25, -0.2) is 9.37 Å². The Hall–Kier alpha value is -2.89. The summed E-state index contributed by atoms with van der Waals surface area (Å²) in [5.74, 6) is 0.566. The van der Waals surface area contributed by atoms with E-state index in [-0.39, 0.29) is 5.82 Å². The highest BCUT2D eigenvalue weighted by atomic mass is 19.1. The fourth-order valence-corrected chi connectivity index (χ4v) is 2.91. The Bertz CT molecular complexity index is 902. The van der Waals surface area contributed by atoms with Crippen molar-refractivity contribution in [3.8, 4) is 17.0 Å². The minimum Gasteiger partial charge on any atom is -0.496 e. The fourth-order valence-electron chi connectivity index (χ4n) is 2.91. The van der Waals surface area contributed by atoms with Gasteiger partial charge in [-0.3, -0.25) is 4.79 Å². The average Bonchev–Trinajstić information content (AvgIpc) is 2.79. The molecule has 0 saturated carbocycles. The van der Waals surface area contributed by atoms with Crippen molar-refractivity contribution < 1.29 is 13.9 Å². The SMILES string of the molecule is COc1cccc(F)c1-c1c(C)c2cnc(NC=O)cc2n1C. The normalized spacial score (nSPS) is 10.8. The van der Waals surface area contributed by atoms with E-state index in [1.165, 1.54) is 13.2 Å². The maximum atomic E-state index is 14.4. The molecule has 3 rings (SSSR count). The maximum absolute atomic E-state index is 14.4. The maximum Gasteiger partial charge on any atom is 0.212 e. The number of carbonyl (C=O) groups is 1. The van der Waals surface area contributed by atoms with E-state index < -0.39 is 0 Å². The molecule has 0 aliphatic heterocycles. The summed E-state index contributed by atoms with van der Waals surface area (Å²) in [6.07, 6.45) is 2.25. The molecule has 2 aromatic heterocycles. The fraction of sp³-hybridized carbons (Fsp3) is 0.176. The quantitative estimate of drug-likeness (QED) is 0.752. The second kappa shape index (κ2) is 5.72. The van der Waals surface area contributed by atoms with Gasteiger partial charge in [0, 0.05) is 24.7 Å². The van der Waals surface area contributed by atoms with Gasteiger partial charge in [0.15, 0.2) is 0 Å². The Morgan fingerprint density at radius 1 is 1.39 bits per heavy atom. The first-order chi connectivity index (χ1) is 11.1. The molecule has 0 aliphatic rings. The first-order valence-corrected chi connectivity index (χ1v) is 7.06. The number of carbonyl (C=O) groups excluding carboxylic acids is 1. The van der Waals surface area contributed by atoms with Crippen molar-refractivity contribution in [3.63, 3.8) is 0 Å². The monoisotopic (exact) mass is 313 g/mol. The van der Waals surface area contributed by atoms with Gasteiger partial charge >= 0.3 is 0 Å². The van der Waals surface area contributed by atoms with Crippen LogP contribution in [-0.2, 0) is 11.8 Å². The van der Waals surface area contributed by atoms with E-state index in [1.807, 2.05) is 18.5 Å². The molecular formula is C17H16FN3O2. The summed E-state index contributed by atoms with van der Waals surface area (Å²) in [6, 6.07) is 6.51. The number of nitrogens with zero attached hydrogens (tertiary/aromatic N) is 2. The first-order valence-electron chi connectivity index (χ1n) is 7.06. The molecule has 0 spiro atoms. The lowest BCUT2D eigenvalue weighted by Gasteiger charge is -2.12. The van der Waals surface area contributed by atoms with E-state index in [2.05, 4.69) is 10.3 Å². The molecule has 0 saturated heterocycles. The molecule has 3 aromatic rings. The van der Waals surface area contributed by atoms with Crippen LogP contribution in [0.4, 0.5) is 10.2 Å². The van der Waals surface area contributed by atoms with Crippen molar-refractivity contribution in [3.05, 3.63) is 41.8 Å². The second-order valence-electron chi connectivity index (χ2n) is 5.20. The van der Waals surface area contributed by atoms with Crippen LogP contribution in [0.3, 0.4) is 0 Å². The summed E-state index contributed by atoms with van der Waals surface area (Å²) in [5, 5.41) is 3.42. The van der Waals surface area contributed by atoms with Crippen molar-refractivity contribution in [2.24, 2.45) is 7.05 Å². The summed E-state index contributed by atoms with van der Waals surface area (Å²) in [5.41, 5.74) is 2.88. The summed E-state index contributed by atoms with van der Waals surface area (Å²) in [4.78, 5) is 14.8. The number of rotatable bonds is 4. The standard InChI is InChI=1S/C17H16FN3O2/c1-10-11-8-19-15(20-9-22)7-13(11)21(2)17(10)16-12(18)5-4-6-14(16)23-3/h4-9H,1-3H3,(H,19,20,22). The highest BCUT2D eigenvalue weighted by molar-refractivity contribution is 5.94. The van der Waals surface area contributed by atoms with Crippen LogP contribution in [-0.4, -0.2) is 23.1 Å². The van der Waals surface area contributed by atoms with Crippen molar-refractivity contribution >= 4 is 23.1 Å². The third-order valence-electron chi connectivity index (χ3n) is 3.98. The lowest BCUT2D eigenvalue weighted by molar-refractivity contribution is -0.105. The van der Waals surface area contributed by atoms with Gasteiger partial charge in [0.25, 0.3) is 0 Å². The molecule has 0 fully saturated rings. The molecule has 0 atom stereocenters. The van der Waals surface area contributed by atoms with E-state index in [1.54, 1.807) is 24.4 Å². The molecule has 118 valence electrons. The summed E-state index contributed by atoms with van der Waals surface area (Å²) < 4.78 is 21.6. The number of ether oxygens (including phenoxy) is 1. The molecule has 6 heteroatoms. The number of aryl methyl sites for hydroxylation is 2. The van der Waals surface area contributed by atoms with Crippen LogP contribution < -0.4 is 10.1 Å². The summed E-state index contributed by atoms with van der Waals surface area (Å²) >= 11 is 0. The molecule has 1 N–H and O–H groups in total. The van der Waals surface area contributed by atoms with Gasteiger partial charge in [-0.2, -0.15) is 0 Å². The molecule has 23 heavy (non-hydrogen) atoms. The molecular weight excluding hydrogens is 297 g/mol. The average molecular weight is 313 g/mol. The number of methoxy groups -OCH3 is 1. The number of nitrogens with one attached hydrogen (secondary N) is 1. The molecule has 0 bridgehead atoms. The zero-order valence-electron chi connectivity index (χ0n) is 13.1. The number of hydrogen-bond donors (Lipinski definition) is 1. The number of halogens is 1. The van der Waals surface area contributed by atoms with E-state index in [9.17, 15) is 9.18 Å². The van der Waals surface area contributed by atoms with E-state index >= 15 is 0 Å². The predicted octanol–water partition coefficient (Wildman–Crippen LogP) is 3.26. The molecule has 0 radical (unpaired) electrons. The highest BCUT2D eigenvalue weighted by Crippen LogP contribution is 2.39. The third-order valence-corrected chi connectivity index (χ3v) is 3.98. The van der Waals surface area contributed by atoms with E-state index in [0.717, 1.165) is 22.2 Å². The van der Waals surface area contributed by atoms with Gasteiger partial charge in [0.1, 0.15) is 17.4 Å². The molecule has 1 amide bonds. The number of fused-ring (bicyclic) bond motifs is 1. The largest absolute Gasteiger partial charge is 0.496 e. The van der Waals surface area contributed by atoms with Crippen LogP contribution in [0.15, 0.2) is 30.5 Å². The number of aromatic nitrogens is 2. The molecule has 1 aromatic carbocycles. The summed E-state index contributed by atoms with van der Waals surface area (Å²) in [7, 11) is 3.37.